The van der Waals surface area contributed by atoms with Crippen molar-refractivity contribution in [3.63, 3.8) is 0 Å². The first-order valence-electron chi connectivity index (χ1n) is 9.50. The molecular weight excluding hydrogens is 460 g/mol. The number of hydrogen-bond acceptors (Lipinski definition) is 5. The monoisotopic (exact) mass is 480 g/mol. The highest BCUT2D eigenvalue weighted by molar-refractivity contribution is 9.10. The third kappa shape index (κ3) is 6.79. The fourth-order valence-electron chi connectivity index (χ4n) is 2.54. The number of benzene rings is 3. The Morgan fingerprint density at radius 2 is 1.61 bits per heavy atom. The van der Waals surface area contributed by atoms with Crippen molar-refractivity contribution in [2.75, 3.05) is 6.61 Å². The normalized spacial score (nSPS) is 10.7. The van der Waals surface area contributed by atoms with Crippen LogP contribution in [0, 0.1) is 13.8 Å². The molecule has 0 radical (unpaired) electrons. The van der Waals surface area contributed by atoms with Crippen molar-refractivity contribution in [1.29, 1.82) is 0 Å². The standard InChI is InChI=1S/C24H21BrN2O4/c1-16-3-10-22(13-17(16)2)30-15-23(28)27-26-14-18-4-11-21(12-5-18)31-24(29)19-6-8-20(25)9-7-19/h3-14H,15H2,1-2H3,(H,27,28)/b26-14-. The Morgan fingerprint density at radius 1 is 0.935 bits per heavy atom. The molecule has 0 aromatic heterocycles. The number of carbonyl (C=O) groups excluding carboxylic acids is 2. The molecule has 0 saturated heterocycles. The molecular formula is C24H21BrN2O4. The Hall–Kier alpha value is -3.45. The predicted octanol–water partition coefficient (Wildman–Crippen LogP) is 4.81. The summed E-state index contributed by atoms with van der Waals surface area (Å²) in [6, 6.07) is 19.3. The van der Waals surface area contributed by atoms with E-state index in [-0.39, 0.29) is 12.5 Å². The van der Waals surface area contributed by atoms with Gasteiger partial charge >= 0.3 is 5.97 Å². The minimum Gasteiger partial charge on any atom is -0.484 e. The number of nitrogens with one attached hydrogen (secondary N) is 1. The summed E-state index contributed by atoms with van der Waals surface area (Å²) in [6.07, 6.45) is 1.49. The van der Waals surface area contributed by atoms with Gasteiger partial charge in [-0.2, -0.15) is 5.10 Å². The zero-order valence-corrected chi connectivity index (χ0v) is 18.7. The van der Waals surface area contributed by atoms with Crippen LogP contribution >= 0.6 is 15.9 Å². The summed E-state index contributed by atoms with van der Waals surface area (Å²) in [7, 11) is 0. The fraction of sp³-hybridized carbons (Fsp3) is 0.125. The second-order valence-corrected chi connectivity index (χ2v) is 7.71. The molecule has 0 unspecified atom stereocenters. The molecule has 0 aliphatic heterocycles. The van der Waals surface area contributed by atoms with Gasteiger partial charge < -0.3 is 9.47 Å². The maximum absolute atomic E-state index is 12.1. The molecule has 1 N–H and O–H groups in total. The van der Waals surface area contributed by atoms with E-state index in [9.17, 15) is 9.59 Å². The first-order chi connectivity index (χ1) is 14.9. The Balaban J connectivity index is 1.46. The molecule has 3 aromatic carbocycles. The molecule has 3 rings (SSSR count). The van der Waals surface area contributed by atoms with Crippen LogP contribution in [0.1, 0.15) is 27.0 Å². The van der Waals surface area contributed by atoms with Crippen molar-refractivity contribution < 1.29 is 19.1 Å². The van der Waals surface area contributed by atoms with Gasteiger partial charge in [0.1, 0.15) is 11.5 Å². The number of esters is 1. The third-order valence-electron chi connectivity index (χ3n) is 4.42. The van der Waals surface area contributed by atoms with Crippen molar-refractivity contribution in [2.45, 2.75) is 13.8 Å². The summed E-state index contributed by atoms with van der Waals surface area (Å²) in [6.45, 7) is 3.86. The number of carbonyl (C=O) groups is 2. The molecule has 0 saturated carbocycles. The molecule has 158 valence electrons. The summed E-state index contributed by atoms with van der Waals surface area (Å²) >= 11 is 3.33. The van der Waals surface area contributed by atoms with Gasteiger partial charge in [-0.1, -0.05) is 22.0 Å². The minimum atomic E-state index is -0.440. The summed E-state index contributed by atoms with van der Waals surface area (Å²) in [4.78, 5) is 24.0. The number of aryl methyl sites for hydroxylation is 2. The molecule has 0 aliphatic carbocycles. The lowest BCUT2D eigenvalue weighted by molar-refractivity contribution is -0.123. The van der Waals surface area contributed by atoms with Gasteiger partial charge in [-0.05, 0) is 91.2 Å². The Kier molecular flexibility index (Phi) is 7.56. The highest BCUT2D eigenvalue weighted by Crippen LogP contribution is 2.17. The molecule has 0 spiro atoms. The van der Waals surface area contributed by atoms with Crippen molar-refractivity contribution in [1.82, 2.24) is 5.43 Å². The molecule has 0 atom stereocenters. The summed E-state index contributed by atoms with van der Waals surface area (Å²) < 4.78 is 11.7. The van der Waals surface area contributed by atoms with Gasteiger partial charge in [0.15, 0.2) is 6.61 Å². The van der Waals surface area contributed by atoms with Crippen LogP contribution in [0.5, 0.6) is 11.5 Å². The molecule has 0 heterocycles. The van der Waals surface area contributed by atoms with Crippen molar-refractivity contribution in [3.05, 3.63) is 93.5 Å². The maximum Gasteiger partial charge on any atom is 0.343 e. The van der Waals surface area contributed by atoms with Crippen LogP contribution in [0.3, 0.4) is 0 Å². The summed E-state index contributed by atoms with van der Waals surface area (Å²) in [5.41, 5.74) is 5.87. The van der Waals surface area contributed by atoms with Gasteiger partial charge in [0.25, 0.3) is 5.91 Å². The molecule has 1 amide bonds. The Labute approximate surface area is 189 Å². The quantitative estimate of drug-likeness (QED) is 0.227. The SMILES string of the molecule is Cc1ccc(OCC(=O)N/N=C\c2ccc(OC(=O)c3ccc(Br)cc3)cc2)cc1C. The van der Waals surface area contributed by atoms with E-state index >= 15 is 0 Å². The Bertz CT molecular complexity index is 1090. The number of rotatable bonds is 7. The lowest BCUT2D eigenvalue weighted by atomic mass is 10.1. The van der Waals surface area contributed by atoms with E-state index < -0.39 is 5.97 Å². The number of hydrazone groups is 1. The lowest BCUT2D eigenvalue weighted by Crippen LogP contribution is -2.24. The third-order valence-corrected chi connectivity index (χ3v) is 4.95. The average molecular weight is 481 g/mol. The number of halogens is 1. The van der Waals surface area contributed by atoms with E-state index in [1.165, 1.54) is 6.21 Å². The van der Waals surface area contributed by atoms with Crippen LogP contribution in [0.2, 0.25) is 0 Å². The fourth-order valence-corrected chi connectivity index (χ4v) is 2.80. The Morgan fingerprint density at radius 3 is 2.29 bits per heavy atom. The minimum absolute atomic E-state index is 0.134. The highest BCUT2D eigenvalue weighted by Gasteiger charge is 2.08. The maximum atomic E-state index is 12.1. The number of hydrogen-bond donors (Lipinski definition) is 1. The number of nitrogens with zero attached hydrogens (tertiary/aromatic N) is 1. The van der Waals surface area contributed by atoms with E-state index in [0.29, 0.717) is 17.1 Å². The smallest absolute Gasteiger partial charge is 0.343 e. The lowest BCUT2D eigenvalue weighted by Gasteiger charge is -2.07. The van der Waals surface area contributed by atoms with Gasteiger partial charge in [0.05, 0.1) is 11.8 Å². The van der Waals surface area contributed by atoms with Crippen LogP contribution in [-0.4, -0.2) is 24.7 Å². The van der Waals surface area contributed by atoms with Gasteiger partial charge in [-0.25, -0.2) is 10.2 Å². The topological polar surface area (TPSA) is 77.0 Å². The molecule has 3 aromatic rings. The first-order valence-corrected chi connectivity index (χ1v) is 10.3. The second-order valence-electron chi connectivity index (χ2n) is 6.79. The predicted molar refractivity (Wildman–Crippen MR) is 123 cm³/mol. The van der Waals surface area contributed by atoms with E-state index in [1.54, 1.807) is 48.5 Å². The molecule has 7 heteroatoms. The van der Waals surface area contributed by atoms with Crippen LogP contribution in [0.25, 0.3) is 0 Å². The van der Waals surface area contributed by atoms with Crippen molar-refractivity contribution >= 4 is 34.0 Å². The zero-order chi connectivity index (χ0) is 22.2. The van der Waals surface area contributed by atoms with E-state index in [1.807, 2.05) is 32.0 Å². The highest BCUT2D eigenvalue weighted by atomic mass is 79.9. The van der Waals surface area contributed by atoms with Gasteiger partial charge in [-0.3, -0.25) is 4.79 Å². The van der Waals surface area contributed by atoms with Crippen LogP contribution in [-0.2, 0) is 4.79 Å². The van der Waals surface area contributed by atoms with Crippen molar-refractivity contribution in [2.24, 2.45) is 5.10 Å². The summed E-state index contributed by atoms with van der Waals surface area (Å²) in [5.74, 6) is 0.242. The number of amides is 1. The zero-order valence-electron chi connectivity index (χ0n) is 17.1. The van der Waals surface area contributed by atoms with E-state index in [4.69, 9.17) is 9.47 Å². The first kappa shape index (κ1) is 22.2. The largest absolute Gasteiger partial charge is 0.484 e. The molecule has 0 fully saturated rings. The number of ether oxygens (including phenoxy) is 2. The van der Waals surface area contributed by atoms with Crippen LogP contribution in [0.4, 0.5) is 0 Å². The molecule has 31 heavy (non-hydrogen) atoms. The van der Waals surface area contributed by atoms with E-state index in [0.717, 1.165) is 21.2 Å². The average Bonchev–Trinajstić information content (AvgIpc) is 2.76. The van der Waals surface area contributed by atoms with Crippen molar-refractivity contribution in [3.8, 4) is 11.5 Å². The van der Waals surface area contributed by atoms with Crippen LogP contribution < -0.4 is 14.9 Å². The van der Waals surface area contributed by atoms with Gasteiger partial charge in [0.2, 0.25) is 0 Å². The molecule has 0 aliphatic rings. The summed E-state index contributed by atoms with van der Waals surface area (Å²) in [5, 5.41) is 3.92. The molecule has 0 bridgehead atoms. The molecule has 6 nitrogen and oxygen atoms in total. The second kappa shape index (κ2) is 10.5. The van der Waals surface area contributed by atoms with Gasteiger partial charge in [-0.15, -0.1) is 0 Å². The van der Waals surface area contributed by atoms with Gasteiger partial charge in [0, 0.05) is 4.47 Å². The van der Waals surface area contributed by atoms with Crippen LogP contribution in [0.15, 0.2) is 76.3 Å². The van der Waals surface area contributed by atoms with E-state index in [2.05, 4.69) is 26.5 Å².